The van der Waals surface area contributed by atoms with Crippen LogP contribution in [0.15, 0.2) is 17.3 Å². The van der Waals surface area contributed by atoms with E-state index >= 15 is 0 Å². The van der Waals surface area contributed by atoms with Crippen molar-refractivity contribution in [2.75, 3.05) is 26.9 Å². The molecule has 8 heteroatoms. The highest BCUT2D eigenvalue weighted by Crippen LogP contribution is 2.14. The van der Waals surface area contributed by atoms with Gasteiger partial charge in [-0.2, -0.15) is 13.2 Å². The van der Waals surface area contributed by atoms with Crippen LogP contribution in [-0.2, 0) is 14.4 Å². The Kier molecular flexibility index (Phi) is 9.44. The van der Waals surface area contributed by atoms with E-state index in [2.05, 4.69) is 20.0 Å². The van der Waals surface area contributed by atoms with Gasteiger partial charge >= 0.3 is 6.18 Å². The van der Waals surface area contributed by atoms with Crippen LogP contribution in [-0.4, -0.2) is 44.7 Å². The average molecular weight is 310 g/mol. The second-order valence-electron chi connectivity index (χ2n) is 4.42. The molecule has 0 saturated carbocycles. The molecule has 0 radical (unpaired) electrons. The van der Waals surface area contributed by atoms with E-state index in [1.165, 1.54) is 19.3 Å². The summed E-state index contributed by atoms with van der Waals surface area (Å²) >= 11 is 0. The van der Waals surface area contributed by atoms with E-state index in [0.717, 1.165) is 6.42 Å². The highest BCUT2D eigenvalue weighted by Gasteiger charge is 2.26. The van der Waals surface area contributed by atoms with Crippen molar-refractivity contribution in [2.24, 2.45) is 11.1 Å². The number of halogens is 3. The highest BCUT2D eigenvalue weighted by molar-refractivity contribution is 6.43. The lowest BCUT2D eigenvalue weighted by Crippen LogP contribution is -2.33. The third-order valence-corrected chi connectivity index (χ3v) is 2.49. The zero-order valence-corrected chi connectivity index (χ0v) is 12.4. The normalized spacial score (nSPS) is 14.3. The summed E-state index contributed by atoms with van der Waals surface area (Å²) < 4.78 is 39.9. The first-order chi connectivity index (χ1) is 9.80. The van der Waals surface area contributed by atoms with Gasteiger partial charge in [-0.3, -0.25) is 4.79 Å². The summed E-state index contributed by atoms with van der Waals surface area (Å²) in [6, 6.07) is 0. The SMILES string of the molecule is CCC(C)CNC(=O)C(/C=C/COCC(F)(F)F)=N/OC. The van der Waals surface area contributed by atoms with Gasteiger partial charge in [0.05, 0.1) is 6.61 Å². The molecule has 0 aliphatic carbocycles. The van der Waals surface area contributed by atoms with E-state index in [1.807, 2.05) is 13.8 Å². The van der Waals surface area contributed by atoms with Crippen molar-refractivity contribution in [3.63, 3.8) is 0 Å². The van der Waals surface area contributed by atoms with Crippen molar-refractivity contribution in [3.8, 4) is 0 Å². The largest absolute Gasteiger partial charge is 0.411 e. The smallest absolute Gasteiger partial charge is 0.398 e. The molecule has 0 bridgehead atoms. The van der Waals surface area contributed by atoms with Crippen LogP contribution in [0.3, 0.4) is 0 Å². The number of rotatable bonds is 9. The molecule has 0 heterocycles. The van der Waals surface area contributed by atoms with Crippen molar-refractivity contribution in [3.05, 3.63) is 12.2 Å². The second kappa shape index (κ2) is 10.2. The van der Waals surface area contributed by atoms with Crippen LogP contribution in [0.2, 0.25) is 0 Å². The predicted molar refractivity (Wildman–Crippen MR) is 72.9 cm³/mol. The Bertz CT molecular complexity index is 368. The highest BCUT2D eigenvalue weighted by atomic mass is 19.4. The molecule has 122 valence electrons. The lowest BCUT2D eigenvalue weighted by molar-refractivity contribution is -0.171. The molecule has 0 rings (SSSR count). The van der Waals surface area contributed by atoms with Crippen molar-refractivity contribution in [1.82, 2.24) is 5.32 Å². The van der Waals surface area contributed by atoms with E-state index in [0.29, 0.717) is 12.5 Å². The Morgan fingerprint density at radius 1 is 1.43 bits per heavy atom. The van der Waals surface area contributed by atoms with Gasteiger partial charge in [-0.15, -0.1) is 0 Å². The third kappa shape index (κ3) is 10.8. The number of hydrogen-bond donors (Lipinski definition) is 1. The first-order valence-corrected chi connectivity index (χ1v) is 6.50. The number of nitrogens with one attached hydrogen (secondary N) is 1. The van der Waals surface area contributed by atoms with Crippen LogP contribution < -0.4 is 5.32 Å². The van der Waals surface area contributed by atoms with Gasteiger partial charge in [0.1, 0.15) is 13.7 Å². The van der Waals surface area contributed by atoms with Crippen LogP contribution in [0.4, 0.5) is 13.2 Å². The van der Waals surface area contributed by atoms with Gasteiger partial charge < -0.3 is 14.9 Å². The molecule has 5 nitrogen and oxygen atoms in total. The van der Waals surface area contributed by atoms with Gasteiger partial charge in [0.15, 0.2) is 5.71 Å². The Morgan fingerprint density at radius 2 is 2.10 bits per heavy atom. The maximum Gasteiger partial charge on any atom is 0.411 e. The summed E-state index contributed by atoms with van der Waals surface area (Å²) in [5.74, 6) is -0.138. The van der Waals surface area contributed by atoms with Gasteiger partial charge in [-0.25, -0.2) is 0 Å². The molecule has 0 saturated heterocycles. The quantitative estimate of drug-likeness (QED) is 0.404. The second-order valence-corrected chi connectivity index (χ2v) is 4.42. The fourth-order valence-corrected chi connectivity index (χ4v) is 1.15. The summed E-state index contributed by atoms with van der Waals surface area (Å²) in [6.45, 7) is 2.85. The van der Waals surface area contributed by atoms with Gasteiger partial charge in [0.25, 0.3) is 5.91 Å². The standard InChI is InChI=1S/C13H21F3N2O3/c1-4-10(2)8-17-12(19)11(18-20-3)6-5-7-21-9-13(14,15)16/h5-6,10H,4,7-9H2,1-3H3,(H,17,19)/b6-5+,18-11+. The van der Waals surface area contributed by atoms with Crippen LogP contribution in [0.5, 0.6) is 0 Å². The van der Waals surface area contributed by atoms with Crippen LogP contribution in [0.25, 0.3) is 0 Å². The van der Waals surface area contributed by atoms with Crippen LogP contribution >= 0.6 is 0 Å². The van der Waals surface area contributed by atoms with E-state index in [4.69, 9.17) is 0 Å². The van der Waals surface area contributed by atoms with Gasteiger partial charge in [-0.05, 0) is 12.0 Å². The number of alkyl halides is 3. The number of ether oxygens (including phenoxy) is 1. The number of carbonyl (C=O) groups excluding carboxylic acids is 1. The number of hydrogen-bond acceptors (Lipinski definition) is 4. The summed E-state index contributed by atoms with van der Waals surface area (Å²) in [5.41, 5.74) is -0.0311. The molecule has 0 aromatic rings. The van der Waals surface area contributed by atoms with Gasteiger partial charge in [0, 0.05) is 6.54 Å². The molecule has 1 amide bonds. The van der Waals surface area contributed by atoms with Gasteiger partial charge in [-0.1, -0.05) is 31.5 Å². The number of nitrogens with zero attached hydrogens (tertiary/aromatic N) is 1. The molecule has 0 aromatic carbocycles. The molecule has 21 heavy (non-hydrogen) atoms. The molecule has 1 N–H and O–H groups in total. The van der Waals surface area contributed by atoms with Crippen molar-refractivity contribution in [1.29, 1.82) is 0 Å². The summed E-state index contributed by atoms with van der Waals surface area (Å²) in [4.78, 5) is 16.3. The van der Waals surface area contributed by atoms with E-state index in [9.17, 15) is 18.0 Å². The molecule has 0 aliphatic rings. The molecule has 0 spiro atoms. The monoisotopic (exact) mass is 310 g/mol. The fourth-order valence-electron chi connectivity index (χ4n) is 1.15. The fraction of sp³-hybridized carbons (Fsp3) is 0.692. The molecule has 0 aromatic heterocycles. The average Bonchev–Trinajstić information content (AvgIpc) is 2.41. The van der Waals surface area contributed by atoms with Gasteiger partial charge in [0.2, 0.25) is 0 Å². The summed E-state index contributed by atoms with van der Waals surface area (Å²) in [5, 5.41) is 6.18. The predicted octanol–water partition coefficient (Wildman–Crippen LogP) is 2.29. The lowest BCUT2D eigenvalue weighted by Gasteiger charge is -2.09. The third-order valence-electron chi connectivity index (χ3n) is 2.49. The molecule has 1 atom stereocenters. The maximum atomic E-state index is 11.8. The van der Waals surface area contributed by atoms with Crippen molar-refractivity contribution in [2.45, 2.75) is 26.4 Å². The first-order valence-electron chi connectivity index (χ1n) is 6.50. The Hall–Kier alpha value is -1.57. The molecular formula is C13H21F3N2O3. The minimum absolute atomic E-state index is 0.0311. The molecule has 0 aliphatic heterocycles. The van der Waals surface area contributed by atoms with E-state index in [-0.39, 0.29) is 12.3 Å². The maximum absolute atomic E-state index is 11.8. The zero-order chi connectivity index (χ0) is 16.3. The Balaban J connectivity index is 4.30. The lowest BCUT2D eigenvalue weighted by atomic mass is 10.1. The molecule has 1 unspecified atom stereocenters. The van der Waals surface area contributed by atoms with E-state index in [1.54, 1.807) is 0 Å². The summed E-state index contributed by atoms with van der Waals surface area (Å²) in [7, 11) is 1.27. The van der Waals surface area contributed by atoms with Crippen molar-refractivity contribution < 1.29 is 27.5 Å². The first kappa shape index (κ1) is 19.4. The molecule has 0 fully saturated rings. The number of carbonyl (C=O) groups is 1. The Labute approximate surface area is 122 Å². The van der Waals surface area contributed by atoms with Crippen LogP contribution in [0.1, 0.15) is 20.3 Å². The van der Waals surface area contributed by atoms with Crippen molar-refractivity contribution >= 4 is 11.6 Å². The van der Waals surface area contributed by atoms with E-state index < -0.39 is 18.7 Å². The molecular weight excluding hydrogens is 289 g/mol. The number of amides is 1. The number of oxime groups is 1. The minimum atomic E-state index is -4.37. The topological polar surface area (TPSA) is 59.9 Å². The zero-order valence-electron chi connectivity index (χ0n) is 12.4. The summed E-state index contributed by atoms with van der Waals surface area (Å²) in [6.07, 6.45) is -0.929. The minimum Gasteiger partial charge on any atom is -0.398 e. The van der Waals surface area contributed by atoms with Crippen LogP contribution in [0, 0.1) is 5.92 Å². The Morgan fingerprint density at radius 3 is 2.62 bits per heavy atom.